The fourth-order valence-electron chi connectivity index (χ4n) is 8.02. The first-order valence-corrected chi connectivity index (χ1v) is 30.9. The predicted molar refractivity (Wildman–Crippen MR) is 309 cm³/mol. The molecule has 0 radical (unpaired) electrons. The van der Waals surface area contributed by atoms with Gasteiger partial charge in [-0.25, -0.2) is 4.57 Å². The lowest BCUT2D eigenvalue weighted by Crippen LogP contribution is -2.47. The first-order valence-electron chi connectivity index (χ1n) is 29.4. The lowest BCUT2D eigenvalue weighted by molar-refractivity contribution is -0.870. The van der Waals surface area contributed by atoms with Crippen LogP contribution in [-0.4, -0.2) is 74.3 Å². The van der Waals surface area contributed by atoms with E-state index in [0.29, 0.717) is 17.4 Å². The first-order chi connectivity index (χ1) is 34.9. The third-order valence-corrected chi connectivity index (χ3v) is 13.6. The maximum absolute atomic E-state index is 13.5. The van der Waals surface area contributed by atoms with Crippen LogP contribution in [0.25, 0.3) is 0 Å². The number of carbonyl (C=O) groups is 2. The molecule has 0 aromatic carbocycles. The molecule has 0 aliphatic rings. The molecule has 0 aromatic heterocycles. The van der Waals surface area contributed by atoms with Gasteiger partial charge < -0.3 is 19.4 Å². The van der Waals surface area contributed by atoms with Gasteiger partial charge in [0.05, 0.1) is 33.8 Å². The topological polar surface area (TPSA) is 111 Å². The fraction of sp³-hybridized carbons (Fsp3) is 0.742. The number of rotatable bonds is 52. The standard InChI is InChI=1S/C62H111N2O7P/c1-7-10-13-16-19-22-25-28-30-32-34-37-40-43-46-49-52-55-62(66)71-60(53-50-47-44-41-38-35-27-24-21-18-15-12-9-3)59(58-70-72(67,68)69-57-56-64(4,5)6)63-61(65)54-51-48-45-42-39-36-33-31-29-26-23-20-17-14-11-8-2/h11,14,19-20,22-23,28-31,36,39,50,53,59-60H,7-10,12-13,15-18,21,24-27,32-35,37-38,40-49,51-52,54-58H2,1-6H3,(H-,63,65,67,68)/p+1/b14-11+,22-19-,23-20+,30-28-,31-29+,39-36+,53-50+. The summed E-state index contributed by atoms with van der Waals surface area (Å²) >= 11 is 0. The highest BCUT2D eigenvalue weighted by Gasteiger charge is 2.30. The molecule has 3 unspecified atom stereocenters. The Balaban J connectivity index is 5.42. The average Bonchev–Trinajstić information content (AvgIpc) is 3.34. The quantitative estimate of drug-likeness (QED) is 0.0205. The maximum Gasteiger partial charge on any atom is 0.472 e. The van der Waals surface area contributed by atoms with Crippen LogP contribution >= 0.6 is 7.82 Å². The molecule has 0 saturated carbocycles. The van der Waals surface area contributed by atoms with E-state index in [1.54, 1.807) is 0 Å². The number of unbranched alkanes of at least 4 members (excludes halogenated alkanes) is 24. The summed E-state index contributed by atoms with van der Waals surface area (Å²) in [6.07, 6.45) is 67.2. The highest BCUT2D eigenvalue weighted by Crippen LogP contribution is 2.43. The zero-order valence-electron chi connectivity index (χ0n) is 47.4. The SMILES string of the molecule is CC/C=C/C/C=C/C/C=C/C/C=C/CCCCCC(=O)NC(COP(=O)(O)OCC[N+](C)(C)C)C(/C=C/CCCCCCCCCCCCC)OC(=O)CCCCCCCCC/C=C\C/C=C\CCCCC. The summed E-state index contributed by atoms with van der Waals surface area (Å²) in [5.74, 6) is -0.553. The third-order valence-electron chi connectivity index (χ3n) is 12.6. The predicted octanol–water partition coefficient (Wildman–Crippen LogP) is 17.8. The molecule has 3 atom stereocenters. The Hall–Kier alpha value is -2.81. The van der Waals surface area contributed by atoms with Gasteiger partial charge in [-0.2, -0.15) is 0 Å². The van der Waals surface area contributed by atoms with E-state index in [2.05, 4.69) is 99.0 Å². The van der Waals surface area contributed by atoms with Gasteiger partial charge in [-0.1, -0.05) is 215 Å². The zero-order valence-corrected chi connectivity index (χ0v) is 48.3. The van der Waals surface area contributed by atoms with E-state index in [1.807, 2.05) is 33.3 Å². The van der Waals surface area contributed by atoms with Gasteiger partial charge in [-0.15, -0.1) is 0 Å². The number of amides is 1. The minimum absolute atomic E-state index is 0.0290. The number of carbonyl (C=O) groups excluding carboxylic acids is 2. The summed E-state index contributed by atoms with van der Waals surface area (Å²) in [5.41, 5.74) is 0. The van der Waals surface area contributed by atoms with Crippen molar-refractivity contribution in [2.45, 2.75) is 258 Å². The second-order valence-corrected chi connectivity index (χ2v) is 22.2. The van der Waals surface area contributed by atoms with E-state index < -0.39 is 20.0 Å². The highest BCUT2D eigenvalue weighted by molar-refractivity contribution is 7.47. The van der Waals surface area contributed by atoms with Gasteiger partial charge in [0.25, 0.3) is 0 Å². The molecule has 416 valence electrons. The van der Waals surface area contributed by atoms with Gasteiger partial charge >= 0.3 is 13.8 Å². The van der Waals surface area contributed by atoms with Crippen LogP contribution in [0.4, 0.5) is 0 Å². The molecule has 72 heavy (non-hydrogen) atoms. The Kier molecular flexibility index (Phi) is 49.6. The molecule has 0 aromatic rings. The van der Waals surface area contributed by atoms with Crippen molar-refractivity contribution in [1.82, 2.24) is 5.32 Å². The minimum atomic E-state index is -4.46. The number of nitrogens with zero attached hydrogens (tertiary/aromatic N) is 1. The summed E-state index contributed by atoms with van der Waals surface area (Å²) in [7, 11) is 1.46. The van der Waals surface area contributed by atoms with Crippen LogP contribution in [0, 0.1) is 0 Å². The molecule has 0 saturated heterocycles. The lowest BCUT2D eigenvalue weighted by Gasteiger charge is -2.27. The summed E-state index contributed by atoms with van der Waals surface area (Å²) in [5, 5.41) is 3.03. The second kappa shape index (κ2) is 51.7. The van der Waals surface area contributed by atoms with E-state index in [9.17, 15) is 19.0 Å². The number of phosphoric ester groups is 1. The van der Waals surface area contributed by atoms with Crippen molar-refractivity contribution in [3.8, 4) is 0 Å². The molecule has 10 heteroatoms. The van der Waals surface area contributed by atoms with Crippen molar-refractivity contribution in [2.24, 2.45) is 0 Å². The van der Waals surface area contributed by atoms with Crippen LogP contribution in [0.5, 0.6) is 0 Å². The Morgan fingerprint density at radius 1 is 0.500 bits per heavy atom. The number of hydrogen-bond acceptors (Lipinski definition) is 6. The second-order valence-electron chi connectivity index (χ2n) is 20.8. The van der Waals surface area contributed by atoms with Gasteiger partial charge in [0.2, 0.25) is 5.91 Å². The number of esters is 1. The fourth-order valence-corrected chi connectivity index (χ4v) is 8.75. The molecule has 1 amide bonds. The van der Waals surface area contributed by atoms with Crippen molar-refractivity contribution in [1.29, 1.82) is 0 Å². The normalized spacial score (nSPS) is 14.4. The molecule has 0 bridgehead atoms. The first kappa shape index (κ1) is 69.2. The molecule has 0 aliphatic carbocycles. The molecule has 0 spiro atoms. The Bertz CT molecular complexity index is 1510. The van der Waals surface area contributed by atoms with Crippen LogP contribution in [0.2, 0.25) is 0 Å². The largest absolute Gasteiger partial charge is 0.472 e. The Morgan fingerprint density at radius 2 is 0.889 bits per heavy atom. The summed E-state index contributed by atoms with van der Waals surface area (Å²) in [6.45, 7) is 6.84. The molecular formula is C62H112N2O7P+. The number of phosphoric acid groups is 1. The van der Waals surface area contributed by atoms with Crippen molar-refractivity contribution in [2.75, 3.05) is 40.9 Å². The Morgan fingerprint density at radius 3 is 1.38 bits per heavy atom. The van der Waals surface area contributed by atoms with Crippen molar-refractivity contribution in [3.63, 3.8) is 0 Å². The third kappa shape index (κ3) is 52.1. The highest BCUT2D eigenvalue weighted by atomic mass is 31.2. The van der Waals surface area contributed by atoms with Crippen molar-refractivity contribution in [3.05, 3.63) is 85.1 Å². The summed E-state index contributed by atoms with van der Waals surface area (Å²) in [4.78, 5) is 37.6. The van der Waals surface area contributed by atoms with Gasteiger partial charge in [-0.05, 0) is 102 Å². The van der Waals surface area contributed by atoms with Gasteiger partial charge in [-0.3, -0.25) is 18.6 Å². The number of allylic oxidation sites excluding steroid dienone is 13. The van der Waals surface area contributed by atoms with Crippen LogP contribution in [-0.2, 0) is 27.9 Å². The monoisotopic (exact) mass is 1030 g/mol. The van der Waals surface area contributed by atoms with Crippen LogP contribution in [0.3, 0.4) is 0 Å². The number of ether oxygens (including phenoxy) is 1. The number of quaternary nitrogens is 1. The van der Waals surface area contributed by atoms with Gasteiger partial charge in [0.15, 0.2) is 0 Å². The van der Waals surface area contributed by atoms with Crippen LogP contribution in [0.15, 0.2) is 85.1 Å². The van der Waals surface area contributed by atoms with E-state index in [4.69, 9.17) is 13.8 Å². The van der Waals surface area contributed by atoms with Crippen LogP contribution in [0.1, 0.15) is 245 Å². The minimum Gasteiger partial charge on any atom is -0.456 e. The zero-order chi connectivity index (χ0) is 52.9. The van der Waals surface area contributed by atoms with E-state index >= 15 is 0 Å². The number of hydrogen-bond donors (Lipinski definition) is 2. The molecule has 0 heterocycles. The lowest BCUT2D eigenvalue weighted by atomic mass is 10.0. The van der Waals surface area contributed by atoms with Crippen molar-refractivity contribution >= 4 is 19.7 Å². The van der Waals surface area contributed by atoms with Crippen LogP contribution < -0.4 is 5.32 Å². The molecular weight excluding hydrogens is 916 g/mol. The molecule has 0 fully saturated rings. The summed E-state index contributed by atoms with van der Waals surface area (Å²) in [6, 6.07) is -0.872. The van der Waals surface area contributed by atoms with E-state index in [-0.39, 0.29) is 37.9 Å². The van der Waals surface area contributed by atoms with Crippen molar-refractivity contribution < 1.29 is 37.3 Å². The molecule has 9 nitrogen and oxygen atoms in total. The average molecular weight is 1030 g/mol. The smallest absolute Gasteiger partial charge is 0.456 e. The molecule has 0 aliphatic heterocycles. The molecule has 0 rings (SSSR count). The molecule has 2 N–H and O–H groups in total. The van der Waals surface area contributed by atoms with Gasteiger partial charge in [0, 0.05) is 12.8 Å². The van der Waals surface area contributed by atoms with E-state index in [0.717, 1.165) is 103 Å². The maximum atomic E-state index is 13.5. The Labute approximate surface area is 444 Å². The van der Waals surface area contributed by atoms with Gasteiger partial charge in [0.1, 0.15) is 19.3 Å². The summed E-state index contributed by atoms with van der Waals surface area (Å²) < 4.78 is 30.6. The number of nitrogens with one attached hydrogen (secondary N) is 1. The number of likely N-dealkylation sites (N-methyl/N-ethyl adjacent to an activating group) is 1. The van der Waals surface area contributed by atoms with E-state index in [1.165, 1.54) is 103 Å².